The van der Waals surface area contributed by atoms with Crippen LogP contribution in [-0.4, -0.2) is 106 Å². The lowest BCUT2D eigenvalue weighted by molar-refractivity contribution is -0.145. The molecule has 12 nitrogen and oxygen atoms in total. The van der Waals surface area contributed by atoms with Crippen LogP contribution in [0.5, 0.6) is 0 Å². The molecule has 1 unspecified atom stereocenters. The number of likely N-dealkylation sites (N-methyl/N-ethyl adjacent to an activating group) is 2. The number of carbonyl (C=O) groups excluding carboxylic acids is 5. The van der Waals surface area contributed by atoms with Gasteiger partial charge in [0.25, 0.3) is 0 Å². The average Bonchev–Trinajstić information content (AvgIpc) is 3.12. The molecule has 1 fully saturated rings. The Morgan fingerprint density at radius 3 is 1.65 bits per heavy atom. The van der Waals surface area contributed by atoms with Gasteiger partial charge in [0, 0.05) is 26.3 Å². The minimum atomic E-state index is -1.13. The molecular weight excluding hydrogens is 683 g/mol. The first-order valence-corrected chi connectivity index (χ1v) is 20.3. The summed E-state index contributed by atoms with van der Waals surface area (Å²) >= 11 is 1.06. The second-order valence-corrected chi connectivity index (χ2v) is 15.1. The van der Waals surface area contributed by atoms with E-state index in [1.54, 1.807) is 14.1 Å². The molecule has 1 saturated heterocycles. The van der Waals surface area contributed by atoms with Crippen molar-refractivity contribution in [2.75, 3.05) is 19.8 Å². The van der Waals surface area contributed by atoms with Crippen LogP contribution in [0, 0.1) is 0 Å². The number of thioether (sulfide) groups is 1. The second-order valence-electron chi connectivity index (χ2n) is 13.9. The standard InChI is InChI=1S/C39H63N5O7S/c1-7-11-20-28-37(48)43(5)31(22-13-9-3)35(46)41-29(21-12-8-2)38(49)44(6)32(23-14-10-4)36(47)42-30(26-27-18-16-15-17-19-27)34(39(50)51)52-25-24-33(45)40-28/h15-19,28-32,34H,7-14,20-26H2,1-6H3,(H,40,45)(H,41,46)(H,42,47)(H,50,51)/t28-,29-,30-,31-,32-,34?/m0/s1. The maximum Gasteiger partial charge on any atom is 0.318 e. The molecular formula is C39H63N5O7S. The number of carboxylic acids is 1. The Kier molecular flexibility index (Phi) is 20.4. The summed E-state index contributed by atoms with van der Waals surface area (Å²) < 4.78 is 0. The number of nitrogens with zero attached hydrogens (tertiary/aromatic N) is 2. The van der Waals surface area contributed by atoms with Gasteiger partial charge in [-0.05, 0) is 37.7 Å². The number of carbonyl (C=O) groups is 6. The summed E-state index contributed by atoms with van der Waals surface area (Å²) in [5, 5.41) is 18.1. The van der Waals surface area contributed by atoms with E-state index in [1.807, 2.05) is 58.0 Å². The molecule has 1 aliphatic rings. The lowest BCUT2D eigenvalue weighted by Gasteiger charge is -2.34. The van der Waals surface area contributed by atoms with Gasteiger partial charge < -0.3 is 30.9 Å². The van der Waals surface area contributed by atoms with Gasteiger partial charge in [-0.3, -0.25) is 28.8 Å². The molecule has 52 heavy (non-hydrogen) atoms. The molecule has 0 spiro atoms. The van der Waals surface area contributed by atoms with Crippen molar-refractivity contribution >= 4 is 47.3 Å². The van der Waals surface area contributed by atoms with Gasteiger partial charge >= 0.3 is 5.97 Å². The minimum Gasteiger partial charge on any atom is -0.480 e. The topological polar surface area (TPSA) is 165 Å². The fourth-order valence-corrected chi connectivity index (χ4v) is 7.58. The molecule has 0 radical (unpaired) electrons. The van der Waals surface area contributed by atoms with Crippen molar-refractivity contribution in [2.24, 2.45) is 0 Å². The summed E-state index contributed by atoms with van der Waals surface area (Å²) in [6, 6.07) is 4.80. The van der Waals surface area contributed by atoms with Crippen LogP contribution in [0.1, 0.15) is 117 Å². The van der Waals surface area contributed by atoms with Crippen LogP contribution >= 0.6 is 11.8 Å². The minimum absolute atomic E-state index is 0.0463. The Morgan fingerprint density at radius 1 is 0.712 bits per heavy atom. The normalized spacial score (nSPS) is 24.7. The SMILES string of the molecule is CCCC[C@@H]1NC(=O)CCSC(C(=O)O)[C@H](Cc2ccccc2)NC(=O)[C@H](CCCC)N(C)C(=O)[C@H](CCCC)NC(=O)[C@H](CCCC)N(C)C1=O. The van der Waals surface area contributed by atoms with Crippen LogP contribution in [-0.2, 0) is 35.2 Å². The van der Waals surface area contributed by atoms with Crippen LogP contribution in [0.15, 0.2) is 30.3 Å². The summed E-state index contributed by atoms with van der Waals surface area (Å²) in [5.74, 6) is -3.14. The number of aliphatic carboxylic acids is 1. The number of hydrogen-bond acceptors (Lipinski definition) is 7. The van der Waals surface area contributed by atoms with E-state index < -0.39 is 71.0 Å². The van der Waals surface area contributed by atoms with Gasteiger partial charge in [-0.25, -0.2) is 0 Å². The van der Waals surface area contributed by atoms with E-state index in [2.05, 4.69) is 16.0 Å². The fraction of sp³-hybridized carbons (Fsp3) is 0.692. The highest BCUT2D eigenvalue weighted by atomic mass is 32.2. The molecule has 1 aromatic rings. The molecule has 1 heterocycles. The molecule has 4 N–H and O–H groups in total. The number of amides is 5. The van der Waals surface area contributed by atoms with Crippen molar-refractivity contribution in [1.82, 2.24) is 25.8 Å². The Hall–Kier alpha value is -3.61. The molecule has 13 heteroatoms. The highest BCUT2D eigenvalue weighted by Crippen LogP contribution is 2.22. The molecule has 5 amide bonds. The molecule has 0 bridgehead atoms. The molecule has 6 atom stereocenters. The second kappa shape index (κ2) is 23.9. The van der Waals surface area contributed by atoms with Gasteiger partial charge in [0.1, 0.15) is 29.4 Å². The Labute approximate surface area is 315 Å². The Bertz CT molecular complexity index is 1300. The molecule has 0 aliphatic carbocycles. The summed E-state index contributed by atoms with van der Waals surface area (Å²) in [5.41, 5.74) is 0.826. The van der Waals surface area contributed by atoms with Gasteiger partial charge in [-0.2, -0.15) is 0 Å². The van der Waals surface area contributed by atoms with E-state index in [0.717, 1.165) is 43.0 Å². The van der Waals surface area contributed by atoms with Crippen molar-refractivity contribution in [3.63, 3.8) is 0 Å². The zero-order chi connectivity index (χ0) is 38.6. The fourth-order valence-electron chi connectivity index (χ4n) is 6.48. The third kappa shape index (κ3) is 14.1. The first-order chi connectivity index (χ1) is 24.9. The van der Waals surface area contributed by atoms with Crippen LogP contribution in [0.3, 0.4) is 0 Å². The van der Waals surface area contributed by atoms with Crippen LogP contribution in [0.25, 0.3) is 0 Å². The number of carboxylic acid groups (broad SMARTS) is 1. The van der Waals surface area contributed by atoms with E-state index in [9.17, 15) is 33.9 Å². The van der Waals surface area contributed by atoms with Crippen molar-refractivity contribution in [3.8, 4) is 0 Å². The zero-order valence-electron chi connectivity index (χ0n) is 32.2. The van der Waals surface area contributed by atoms with Gasteiger partial charge in [0.05, 0.1) is 6.04 Å². The van der Waals surface area contributed by atoms with E-state index in [0.29, 0.717) is 51.4 Å². The van der Waals surface area contributed by atoms with Gasteiger partial charge in [-0.1, -0.05) is 109 Å². The smallest absolute Gasteiger partial charge is 0.318 e. The first kappa shape index (κ1) is 44.6. The van der Waals surface area contributed by atoms with E-state index in [-0.39, 0.29) is 18.6 Å². The Balaban J connectivity index is 2.67. The number of hydrogen-bond donors (Lipinski definition) is 4. The predicted molar refractivity (Wildman–Crippen MR) is 206 cm³/mol. The summed E-state index contributed by atoms with van der Waals surface area (Å²) in [7, 11) is 3.13. The molecule has 1 aromatic carbocycles. The van der Waals surface area contributed by atoms with Crippen molar-refractivity contribution in [3.05, 3.63) is 35.9 Å². The number of rotatable bonds is 15. The van der Waals surface area contributed by atoms with Crippen LogP contribution in [0.2, 0.25) is 0 Å². The van der Waals surface area contributed by atoms with E-state index in [4.69, 9.17) is 0 Å². The lowest BCUT2D eigenvalue weighted by Crippen LogP contribution is -2.59. The van der Waals surface area contributed by atoms with Gasteiger partial charge in [-0.15, -0.1) is 11.8 Å². The molecule has 0 aromatic heterocycles. The van der Waals surface area contributed by atoms with Crippen LogP contribution < -0.4 is 16.0 Å². The summed E-state index contributed by atoms with van der Waals surface area (Å²) in [6.45, 7) is 7.96. The number of unbranched alkanes of at least 4 members (excludes halogenated alkanes) is 4. The van der Waals surface area contributed by atoms with Gasteiger partial charge in [0.2, 0.25) is 29.5 Å². The monoisotopic (exact) mass is 745 g/mol. The highest BCUT2D eigenvalue weighted by molar-refractivity contribution is 8.00. The summed E-state index contributed by atoms with van der Waals surface area (Å²) in [6.07, 6.45) is 7.36. The highest BCUT2D eigenvalue weighted by Gasteiger charge is 2.38. The average molecular weight is 746 g/mol. The third-order valence-electron chi connectivity index (χ3n) is 9.70. The predicted octanol–water partition coefficient (Wildman–Crippen LogP) is 4.69. The van der Waals surface area contributed by atoms with E-state index in [1.165, 1.54) is 9.80 Å². The van der Waals surface area contributed by atoms with Gasteiger partial charge in [0.15, 0.2) is 0 Å². The Morgan fingerprint density at radius 2 is 1.17 bits per heavy atom. The third-order valence-corrected chi connectivity index (χ3v) is 11.0. The van der Waals surface area contributed by atoms with Crippen molar-refractivity contribution in [1.29, 1.82) is 0 Å². The van der Waals surface area contributed by atoms with Crippen molar-refractivity contribution < 1.29 is 33.9 Å². The van der Waals surface area contributed by atoms with Crippen LogP contribution in [0.4, 0.5) is 0 Å². The maximum absolute atomic E-state index is 14.3. The number of benzene rings is 1. The van der Waals surface area contributed by atoms with E-state index >= 15 is 0 Å². The molecule has 0 saturated carbocycles. The van der Waals surface area contributed by atoms with Crippen molar-refractivity contribution in [2.45, 2.75) is 153 Å². The molecule has 1 aliphatic heterocycles. The molecule has 2 rings (SSSR count). The number of nitrogens with one attached hydrogen (secondary N) is 3. The first-order valence-electron chi connectivity index (χ1n) is 19.2. The quantitative estimate of drug-likeness (QED) is 0.201. The summed E-state index contributed by atoms with van der Waals surface area (Å²) in [4.78, 5) is 85.4. The zero-order valence-corrected chi connectivity index (χ0v) is 33.0. The molecule has 292 valence electrons. The maximum atomic E-state index is 14.3. The lowest BCUT2D eigenvalue weighted by atomic mass is 10.00. The largest absolute Gasteiger partial charge is 0.480 e.